The standard InChI is InChI=1S/C15H20O3/c1-17-12-8-11(9-13(10-12)18-2)14-6-4-3-5-7-15(14)16/h8-10,14H,3-7H2,1-2H3. The molecule has 1 atom stereocenters. The summed E-state index contributed by atoms with van der Waals surface area (Å²) in [6.07, 6.45) is 4.94. The Morgan fingerprint density at radius 3 is 2.28 bits per heavy atom. The molecule has 0 amide bonds. The van der Waals surface area contributed by atoms with E-state index in [2.05, 4.69) is 0 Å². The van der Waals surface area contributed by atoms with Crippen molar-refractivity contribution in [2.75, 3.05) is 14.2 Å². The minimum atomic E-state index is 0.0106. The van der Waals surface area contributed by atoms with Gasteiger partial charge in [-0.05, 0) is 30.5 Å². The smallest absolute Gasteiger partial charge is 0.140 e. The maximum absolute atomic E-state index is 12.1. The molecule has 2 rings (SSSR count). The average molecular weight is 248 g/mol. The number of carbonyl (C=O) groups excluding carboxylic acids is 1. The first kappa shape index (κ1) is 12.9. The quantitative estimate of drug-likeness (QED) is 0.770. The minimum absolute atomic E-state index is 0.0106. The Labute approximate surface area is 108 Å². The zero-order chi connectivity index (χ0) is 13.0. The number of hydrogen-bond acceptors (Lipinski definition) is 3. The van der Waals surface area contributed by atoms with Crippen LogP contribution in [0.4, 0.5) is 0 Å². The summed E-state index contributed by atoms with van der Waals surface area (Å²) >= 11 is 0. The van der Waals surface area contributed by atoms with Gasteiger partial charge in [0.1, 0.15) is 17.3 Å². The Kier molecular flexibility index (Phi) is 4.24. The fourth-order valence-corrected chi connectivity index (χ4v) is 2.54. The molecule has 1 unspecified atom stereocenters. The van der Waals surface area contributed by atoms with Gasteiger partial charge in [-0.15, -0.1) is 0 Å². The molecule has 0 heterocycles. The largest absolute Gasteiger partial charge is 0.497 e. The molecule has 98 valence electrons. The number of ether oxygens (including phenoxy) is 2. The van der Waals surface area contributed by atoms with Crippen molar-refractivity contribution in [2.45, 2.75) is 38.0 Å². The van der Waals surface area contributed by atoms with E-state index in [0.717, 1.165) is 42.7 Å². The predicted octanol–water partition coefficient (Wildman–Crippen LogP) is 3.32. The molecule has 18 heavy (non-hydrogen) atoms. The van der Waals surface area contributed by atoms with Gasteiger partial charge in [-0.3, -0.25) is 4.79 Å². The van der Waals surface area contributed by atoms with E-state index in [4.69, 9.17) is 9.47 Å². The summed E-state index contributed by atoms with van der Waals surface area (Å²) in [5.41, 5.74) is 1.03. The van der Waals surface area contributed by atoms with Crippen molar-refractivity contribution in [1.29, 1.82) is 0 Å². The molecule has 0 spiro atoms. The van der Waals surface area contributed by atoms with E-state index in [1.165, 1.54) is 0 Å². The van der Waals surface area contributed by atoms with E-state index in [1.807, 2.05) is 18.2 Å². The van der Waals surface area contributed by atoms with Crippen LogP contribution in [0.3, 0.4) is 0 Å². The van der Waals surface area contributed by atoms with Gasteiger partial charge in [-0.25, -0.2) is 0 Å². The summed E-state index contributed by atoms with van der Waals surface area (Å²) in [6, 6.07) is 5.75. The third-order valence-corrected chi connectivity index (χ3v) is 3.58. The number of Topliss-reactive ketones (excluding diaryl/α,β-unsaturated/α-hetero) is 1. The SMILES string of the molecule is COc1cc(OC)cc(C2CCCCCC2=O)c1. The number of rotatable bonds is 3. The van der Waals surface area contributed by atoms with Crippen LogP contribution in [0, 0.1) is 0 Å². The molecule has 3 nitrogen and oxygen atoms in total. The van der Waals surface area contributed by atoms with E-state index < -0.39 is 0 Å². The summed E-state index contributed by atoms with van der Waals surface area (Å²) in [6.45, 7) is 0. The second kappa shape index (κ2) is 5.89. The van der Waals surface area contributed by atoms with Crippen LogP contribution in [-0.4, -0.2) is 20.0 Å². The minimum Gasteiger partial charge on any atom is -0.497 e. The van der Waals surface area contributed by atoms with Gasteiger partial charge < -0.3 is 9.47 Å². The molecule has 1 aliphatic rings. The first-order valence-corrected chi connectivity index (χ1v) is 6.50. The van der Waals surface area contributed by atoms with Gasteiger partial charge >= 0.3 is 0 Å². The highest BCUT2D eigenvalue weighted by Crippen LogP contribution is 2.33. The van der Waals surface area contributed by atoms with Crippen LogP contribution in [0.2, 0.25) is 0 Å². The van der Waals surface area contributed by atoms with Crippen molar-refractivity contribution in [1.82, 2.24) is 0 Å². The van der Waals surface area contributed by atoms with Gasteiger partial charge in [-0.2, -0.15) is 0 Å². The van der Waals surface area contributed by atoms with Gasteiger partial charge in [0.05, 0.1) is 14.2 Å². The molecule has 1 aromatic carbocycles. The molecule has 0 aliphatic heterocycles. The predicted molar refractivity (Wildman–Crippen MR) is 70.4 cm³/mol. The monoisotopic (exact) mass is 248 g/mol. The van der Waals surface area contributed by atoms with E-state index in [-0.39, 0.29) is 5.92 Å². The van der Waals surface area contributed by atoms with Crippen LogP contribution < -0.4 is 9.47 Å². The maximum Gasteiger partial charge on any atom is 0.140 e. The molecule has 0 radical (unpaired) electrons. The molecule has 3 heteroatoms. The average Bonchev–Trinajstić information content (AvgIpc) is 2.62. The van der Waals surface area contributed by atoms with E-state index in [9.17, 15) is 4.79 Å². The van der Waals surface area contributed by atoms with Crippen LogP contribution in [-0.2, 0) is 4.79 Å². The maximum atomic E-state index is 12.1. The molecule has 0 saturated heterocycles. The van der Waals surface area contributed by atoms with E-state index in [1.54, 1.807) is 14.2 Å². The Morgan fingerprint density at radius 1 is 1.00 bits per heavy atom. The highest BCUT2D eigenvalue weighted by atomic mass is 16.5. The highest BCUT2D eigenvalue weighted by molar-refractivity contribution is 5.86. The van der Waals surface area contributed by atoms with Crippen molar-refractivity contribution >= 4 is 5.78 Å². The van der Waals surface area contributed by atoms with Gasteiger partial charge in [0, 0.05) is 18.4 Å². The fourth-order valence-electron chi connectivity index (χ4n) is 2.54. The summed E-state index contributed by atoms with van der Waals surface area (Å²) < 4.78 is 10.5. The van der Waals surface area contributed by atoms with Gasteiger partial charge in [-0.1, -0.05) is 12.8 Å². The van der Waals surface area contributed by atoms with Crippen molar-refractivity contribution in [3.05, 3.63) is 23.8 Å². The lowest BCUT2D eigenvalue weighted by Gasteiger charge is -2.15. The first-order chi connectivity index (χ1) is 8.74. The number of ketones is 1. The summed E-state index contributed by atoms with van der Waals surface area (Å²) in [4.78, 5) is 12.1. The van der Waals surface area contributed by atoms with Crippen molar-refractivity contribution in [3.63, 3.8) is 0 Å². The second-order valence-corrected chi connectivity index (χ2v) is 4.76. The molecule has 0 N–H and O–H groups in total. The summed E-state index contributed by atoms with van der Waals surface area (Å²) in [7, 11) is 3.26. The highest BCUT2D eigenvalue weighted by Gasteiger charge is 2.23. The molecule has 1 saturated carbocycles. The van der Waals surface area contributed by atoms with E-state index >= 15 is 0 Å². The third-order valence-electron chi connectivity index (χ3n) is 3.58. The van der Waals surface area contributed by atoms with Crippen LogP contribution >= 0.6 is 0 Å². The lowest BCUT2D eigenvalue weighted by atomic mass is 9.90. The summed E-state index contributed by atoms with van der Waals surface area (Å²) in [5.74, 6) is 1.86. The van der Waals surface area contributed by atoms with Crippen molar-refractivity contribution in [3.8, 4) is 11.5 Å². The lowest BCUT2D eigenvalue weighted by Crippen LogP contribution is -2.10. The molecule has 0 aromatic heterocycles. The summed E-state index contributed by atoms with van der Waals surface area (Å²) in [5, 5.41) is 0. The molecule has 1 fully saturated rings. The van der Waals surface area contributed by atoms with Crippen LogP contribution in [0.25, 0.3) is 0 Å². The zero-order valence-electron chi connectivity index (χ0n) is 11.1. The number of hydrogen-bond donors (Lipinski definition) is 0. The van der Waals surface area contributed by atoms with Crippen LogP contribution in [0.5, 0.6) is 11.5 Å². The number of benzene rings is 1. The second-order valence-electron chi connectivity index (χ2n) is 4.76. The molecule has 1 aliphatic carbocycles. The van der Waals surface area contributed by atoms with Crippen molar-refractivity contribution in [2.24, 2.45) is 0 Å². The fraction of sp³-hybridized carbons (Fsp3) is 0.533. The number of methoxy groups -OCH3 is 2. The Balaban J connectivity index is 2.32. The van der Waals surface area contributed by atoms with E-state index in [0.29, 0.717) is 12.2 Å². The van der Waals surface area contributed by atoms with Gasteiger partial charge in [0.15, 0.2) is 0 Å². The number of carbonyl (C=O) groups is 1. The molecule has 0 bridgehead atoms. The first-order valence-electron chi connectivity index (χ1n) is 6.50. The van der Waals surface area contributed by atoms with Gasteiger partial charge in [0.2, 0.25) is 0 Å². The van der Waals surface area contributed by atoms with Gasteiger partial charge in [0.25, 0.3) is 0 Å². The molecule has 1 aromatic rings. The topological polar surface area (TPSA) is 35.5 Å². The van der Waals surface area contributed by atoms with Crippen LogP contribution in [0.1, 0.15) is 43.6 Å². The normalized spacial score (nSPS) is 20.3. The van der Waals surface area contributed by atoms with Crippen molar-refractivity contribution < 1.29 is 14.3 Å². The zero-order valence-corrected chi connectivity index (χ0v) is 11.1. The molecular formula is C15H20O3. The third kappa shape index (κ3) is 2.84. The Bertz CT molecular complexity index is 403. The molecular weight excluding hydrogens is 228 g/mol. The Hall–Kier alpha value is -1.51. The van der Waals surface area contributed by atoms with Crippen LogP contribution in [0.15, 0.2) is 18.2 Å². The Morgan fingerprint density at radius 2 is 1.67 bits per heavy atom. The lowest BCUT2D eigenvalue weighted by molar-refractivity contribution is -0.120.